The molecular formula is C30H44O5. The monoisotopic (exact) mass is 484 g/mol. The molecule has 4 aliphatic carbocycles. The minimum absolute atomic E-state index is 0.0506. The molecule has 0 saturated heterocycles. The molecule has 5 nitrogen and oxygen atoms in total. The Morgan fingerprint density at radius 1 is 1.03 bits per heavy atom. The summed E-state index contributed by atoms with van der Waals surface area (Å²) < 4.78 is 16.8. The van der Waals surface area contributed by atoms with E-state index < -0.39 is 0 Å². The Balaban J connectivity index is 1.53. The van der Waals surface area contributed by atoms with E-state index in [0.717, 1.165) is 37.9 Å². The molecule has 0 N–H and O–H groups in total. The van der Waals surface area contributed by atoms with E-state index in [2.05, 4.69) is 19.9 Å². The van der Waals surface area contributed by atoms with Crippen LogP contribution in [-0.4, -0.2) is 31.3 Å². The number of allylic oxidation sites excluding steroid dienone is 4. The van der Waals surface area contributed by atoms with Gasteiger partial charge in [0.05, 0.1) is 19.0 Å². The third-order valence-electron chi connectivity index (χ3n) is 9.83. The topological polar surface area (TPSA) is 61.8 Å². The van der Waals surface area contributed by atoms with Gasteiger partial charge in [0.25, 0.3) is 0 Å². The zero-order chi connectivity index (χ0) is 25.2. The van der Waals surface area contributed by atoms with E-state index in [0.29, 0.717) is 36.9 Å². The number of esters is 2. The summed E-state index contributed by atoms with van der Waals surface area (Å²) in [6.45, 7) is 11.4. The number of fused-ring (bicyclic) bond motifs is 5. The second kappa shape index (κ2) is 10.5. The Bertz CT molecular complexity index is 900. The quantitative estimate of drug-likeness (QED) is 0.135. The average molecular weight is 485 g/mol. The lowest BCUT2D eigenvalue weighted by Gasteiger charge is -2.58. The lowest BCUT2D eigenvalue weighted by atomic mass is 9.47. The van der Waals surface area contributed by atoms with Gasteiger partial charge in [0.15, 0.2) is 0 Å². The van der Waals surface area contributed by atoms with Gasteiger partial charge in [-0.05, 0) is 93.5 Å². The lowest BCUT2D eigenvalue weighted by Crippen LogP contribution is -2.50. The van der Waals surface area contributed by atoms with Crippen LogP contribution in [0.2, 0.25) is 0 Å². The number of carbonyl (C=O) groups excluding carboxylic acids is 2. The molecule has 35 heavy (non-hydrogen) atoms. The van der Waals surface area contributed by atoms with E-state index in [4.69, 9.17) is 14.2 Å². The molecule has 4 aliphatic rings. The first-order valence-corrected chi connectivity index (χ1v) is 13.8. The van der Waals surface area contributed by atoms with Crippen molar-refractivity contribution in [3.8, 4) is 0 Å². The molecule has 3 fully saturated rings. The molecule has 0 amide bonds. The zero-order valence-corrected chi connectivity index (χ0v) is 22.3. The molecule has 4 rings (SSSR count). The van der Waals surface area contributed by atoms with Crippen LogP contribution in [-0.2, 0) is 23.8 Å². The van der Waals surface area contributed by atoms with Gasteiger partial charge in [0, 0.05) is 25.3 Å². The number of ether oxygens (including phenoxy) is 3. The third-order valence-corrected chi connectivity index (χ3v) is 9.83. The minimum Gasteiger partial charge on any atom is -0.498 e. The molecule has 0 heterocycles. The summed E-state index contributed by atoms with van der Waals surface area (Å²) in [5, 5.41) is 0. The van der Waals surface area contributed by atoms with E-state index in [1.165, 1.54) is 37.8 Å². The van der Waals surface area contributed by atoms with Crippen LogP contribution >= 0.6 is 0 Å². The molecule has 0 bridgehead atoms. The summed E-state index contributed by atoms with van der Waals surface area (Å²) in [4.78, 5) is 23.3. The average Bonchev–Trinajstić information content (AvgIpc) is 3.16. The number of rotatable bonds is 7. The van der Waals surface area contributed by atoms with E-state index in [9.17, 15) is 9.59 Å². The molecule has 0 aromatic rings. The van der Waals surface area contributed by atoms with Crippen LogP contribution in [0.4, 0.5) is 0 Å². The Morgan fingerprint density at radius 3 is 2.51 bits per heavy atom. The summed E-state index contributed by atoms with van der Waals surface area (Å²) in [6, 6.07) is 0. The zero-order valence-electron chi connectivity index (χ0n) is 22.3. The molecule has 0 unspecified atom stereocenters. The number of carbonyl (C=O) groups is 2. The van der Waals surface area contributed by atoms with Crippen molar-refractivity contribution >= 4 is 11.9 Å². The maximum absolute atomic E-state index is 11.8. The van der Waals surface area contributed by atoms with Gasteiger partial charge in [-0.25, -0.2) is 4.79 Å². The molecule has 0 aromatic carbocycles. The molecule has 194 valence electrons. The molecule has 3 saturated carbocycles. The highest BCUT2D eigenvalue weighted by Crippen LogP contribution is 2.67. The standard InChI is InChI=1S/C30H44O5/c1-6-33-27(9-8-10-28(32)34-7-2)26-14-13-24-23-12-11-21-19-22(35-20(3)31)15-17-29(21,4)25(23)16-18-30(24,26)5/h8-11,22-26H,6-7,12-19H2,1-5H3/b10-8+,27-9+/t22-,23-,24-,25-,26+,29-,30-/m0/s1. The van der Waals surface area contributed by atoms with Crippen LogP contribution < -0.4 is 0 Å². The van der Waals surface area contributed by atoms with E-state index >= 15 is 0 Å². The van der Waals surface area contributed by atoms with Gasteiger partial charge in [-0.3, -0.25) is 4.79 Å². The van der Waals surface area contributed by atoms with Crippen LogP contribution in [0.25, 0.3) is 0 Å². The number of hydrogen-bond acceptors (Lipinski definition) is 5. The van der Waals surface area contributed by atoms with Crippen molar-refractivity contribution in [2.75, 3.05) is 13.2 Å². The normalized spacial score (nSPS) is 38.7. The highest BCUT2D eigenvalue weighted by Gasteiger charge is 2.59. The van der Waals surface area contributed by atoms with Crippen LogP contribution in [0.15, 0.2) is 35.6 Å². The summed E-state index contributed by atoms with van der Waals surface area (Å²) in [7, 11) is 0. The first-order chi connectivity index (χ1) is 16.7. The van der Waals surface area contributed by atoms with Gasteiger partial charge in [-0.2, -0.15) is 0 Å². The van der Waals surface area contributed by atoms with E-state index in [1.54, 1.807) is 6.08 Å². The first-order valence-electron chi connectivity index (χ1n) is 13.8. The Kier molecular flexibility index (Phi) is 7.83. The summed E-state index contributed by atoms with van der Waals surface area (Å²) in [5.74, 6) is 3.04. The van der Waals surface area contributed by atoms with Crippen molar-refractivity contribution in [1.82, 2.24) is 0 Å². The van der Waals surface area contributed by atoms with E-state index in [1.807, 2.05) is 19.9 Å². The SMILES string of the molecule is CCOC(=O)/C=C/C=C(/OCC)[C@H]1CC[C@H]2[C@@H]3CC=C4C[C@@H](OC(C)=O)CC[C@]4(C)[C@H]3CC[C@]12C. The lowest BCUT2D eigenvalue weighted by molar-refractivity contribution is -0.148. The van der Waals surface area contributed by atoms with Crippen molar-refractivity contribution in [2.45, 2.75) is 92.1 Å². The van der Waals surface area contributed by atoms with Gasteiger partial charge in [0.1, 0.15) is 6.10 Å². The largest absolute Gasteiger partial charge is 0.498 e. The molecular weight excluding hydrogens is 440 g/mol. The number of hydrogen-bond donors (Lipinski definition) is 0. The molecule has 0 aliphatic heterocycles. The Morgan fingerprint density at radius 2 is 1.80 bits per heavy atom. The summed E-state index contributed by atoms with van der Waals surface area (Å²) in [5.41, 5.74) is 1.99. The Labute approximate surface area is 211 Å². The van der Waals surface area contributed by atoms with Crippen LogP contribution in [0.3, 0.4) is 0 Å². The second-order valence-electron chi connectivity index (χ2n) is 11.5. The third kappa shape index (κ3) is 4.97. The van der Waals surface area contributed by atoms with Gasteiger partial charge in [-0.1, -0.05) is 31.6 Å². The van der Waals surface area contributed by atoms with Crippen molar-refractivity contribution in [2.24, 2.45) is 34.5 Å². The van der Waals surface area contributed by atoms with Gasteiger partial charge < -0.3 is 14.2 Å². The maximum Gasteiger partial charge on any atom is 0.330 e. The second-order valence-corrected chi connectivity index (χ2v) is 11.5. The summed E-state index contributed by atoms with van der Waals surface area (Å²) >= 11 is 0. The Hall–Kier alpha value is -2.04. The van der Waals surface area contributed by atoms with Gasteiger partial charge in [0.2, 0.25) is 0 Å². The maximum atomic E-state index is 11.8. The molecule has 7 atom stereocenters. The fraction of sp³-hybridized carbons (Fsp3) is 0.733. The van der Waals surface area contributed by atoms with E-state index in [-0.39, 0.29) is 28.9 Å². The fourth-order valence-corrected chi connectivity index (χ4v) is 8.27. The molecule has 5 heteroatoms. The minimum atomic E-state index is -0.308. The van der Waals surface area contributed by atoms with Crippen molar-refractivity contribution in [1.29, 1.82) is 0 Å². The van der Waals surface area contributed by atoms with Crippen LogP contribution in [0.1, 0.15) is 86.0 Å². The highest BCUT2D eigenvalue weighted by molar-refractivity contribution is 5.82. The predicted molar refractivity (Wildman–Crippen MR) is 136 cm³/mol. The smallest absolute Gasteiger partial charge is 0.330 e. The van der Waals surface area contributed by atoms with Gasteiger partial charge in [-0.15, -0.1) is 0 Å². The predicted octanol–water partition coefficient (Wildman–Crippen LogP) is 6.54. The fourth-order valence-electron chi connectivity index (χ4n) is 8.27. The van der Waals surface area contributed by atoms with Crippen molar-refractivity contribution in [3.05, 3.63) is 35.6 Å². The van der Waals surface area contributed by atoms with Crippen LogP contribution in [0.5, 0.6) is 0 Å². The molecule has 0 spiro atoms. The van der Waals surface area contributed by atoms with Crippen molar-refractivity contribution in [3.63, 3.8) is 0 Å². The van der Waals surface area contributed by atoms with Crippen molar-refractivity contribution < 1.29 is 23.8 Å². The molecule has 0 aromatic heterocycles. The van der Waals surface area contributed by atoms with Gasteiger partial charge >= 0.3 is 11.9 Å². The highest BCUT2D eigenvalue weighted by atomic mass is 16.5. The first kappa shape index (κ1) is 26.0. The molecule has 0 radical (unpaired) electrons. The van der Waals surface area contributed by atoms with Crippen LogP contribution in [0, 0.1) is 34.5 Å². The summed E-state index contributed by atoms with van der Waals surface area (Å²) in [6.07, 6.45) is 16.9.